The Labute approximate surface area is 274 Å². The average Bonchev–Trinajstić information content (AvgIpc) is 3.09. The number of nitrogens with zero attached hydrogens (tertiary/aromatic N) is 6. The highest BCUT2D eigenvalue weighted by Crippen LogP contribution is 2.51. The first kappa shape index (κ1) is 29.0. The molecule has 4 aromatic heterocycles. The van der Waals surface area contributed by atoms with E-state index in [1.54, 1.807) is 49.1 Å². The molecule has 0 saturated carbocycles. The minimum atomic E-state index is -3.81. The number of sulfone groups is 1. The van der Waals surface area contributed by atoms with Gasteiger partial charge in [-0.15, -0.1) is 0 Å². The Kier molecular flexibility index (Phi) is 6.36. The van der Waals surface area contributed by atoms with Crippen molar-refractivity contribution >= 4 is 44.5 Å². The van der Waals surface area contributed by atoms with Crippen LogP contribution in [-0.4, -0.2) is 28.4 Å². The third kappa shape index (κ3) is 4.30. The fourth-order valence-electron chi connectivity index (χ4n) is 6.92. The fraction of sp³-hybridized carbons (Fsp3) is 0.158. The van der Waals surface area contributed by atoms with Crippen LogP contribution in [0.15, 0.2) is 132 Å². The number of hydrogen-bond acceptors (Lipinski definition) is 8. The smallest absolute Gasteiger partial charge is 0.206 e. The topological polar surface area (TPSA) is 92.2 Å². The Balaban J connectivity index is 1.14. The van der Waals surface area contributed by atoms with E-state index in [0.29, 0.717) is 0 Å². The third-order valence-electron chi connectivity index (χ3n) is 9.50. The summed E-state index contributed by atoms with van der Waals surface area (Å²) in [5, 5.41) is 0. The van der Waals surface area contributed by atoms with Gasteiger partial charge in [0.25, 0.3) is 0 Å². The van der Waals surface area contributed by atoms with Gasteiger partial charge in [-0.1, -0.05) is 52.0 Å². The molecule has 0 radical (unpaired) electrons. The van der Waals surface area contributed by atoms with E-state index in [-0.39, 0.29) is 20.6 Å². The molecule has 47 heavy (non-hydrogen) atoms. The van der Waals surface area contributed by atoms with Crippen LogP contribution in [0.3, 0.4) is 0 Å². The molecule has 8 nitrogen and oxygen atoms in total. The van der Waals surface area contributed by atoms with Gasteiger partial charge in [0.1, 0.15) is 23.3 Å². The Morgan fingerprint density at radius 3 is 1.00 bits per heavy atom. The van der Waals surface area contributed by atoms with Crippen molar-refractivity contribution in [1.29, 1.82) is 0 Å². The van der Waals surface area contributed by atoms with E-state index in [9.17, 15) is 8.42 Å². The minimum Gasteiger partial charge on any atom is -0.279 e. The van der Waals surface area contributed by atoms with E-state index in [2.05, 4.69) is 52.0 Å². The first-order valence-electron chi connectivity index (χ1n) is 15.5. The van der Waals surface area contributed by atoms with E-state index in [4.69, 9.17) is 19.9 Å². The van der Waals surface area contributed by atoms with Gasteiger partial charge in [-0.3, -0.25) is 9.80 Å². The molecule has 2 aromatic carbocycles. The van der Waals surface area contributed by atoms with Gasteiger partial charge >= 0.3 is 0 Å². The van der Waals surface area contributed by atoms with Crippen molar-refractivity contribution in [2.75, 3.05) is 9.80 Å². The predicted molar refractivity (Wildman–Crippen MR) is 183 cm³/mol. The zero-order chi connectivity index (χ0) is 32.6. The second-order valence-corrected chi connectivity index (χ2v) is 14.9. The van der Waals surface area contributed by atoms with Crippen LogP contribution in [0.5, 0.6) is 0 Å². The highest BCUT2D eigenvalue weighted by molar-refractivity contribution is 7.91. The molecular weight excluding hydrogens is 605 g/mol. The monoisotopic (exact) mass is 636 g/mol. The molecule has 0 unspecified atom stereocenters. The summed E-state index contributed by atoms with van der Waals surface area (Å²) in [5.41, 5.74) is 5.27. The van der Waals surface area contributed by atoms with Gasteiger partial charge in [0, 0.05) is 69.2 Å². The summed E-state index contributed by atoms with van der Waals surface area (Å²) < 4.78 is 27.8. The van der Waals surface area contributed by atoms with Crippen LogP contribution in [0.25, 0.3) is 0 Å². The predicted octanol–water partition coefficient (Wildman–Crippen LogP) is 8.32. The maximum absolute atomic E-state index is 13.9. The Morgan fingerprint density at radius 1 is 0.447 bits per heavy atom. The average molecular weight is 637 g/mol. The normalized spacial score (nSPS) is 15.7. The molecule has 0 saturated heterocycles. The van der Waals surface area contributed by atoms with E-state index < -0.39 is 9.84 Å². The van der Waals surface area contributed by atoms with Crippen LogP contribution < -0.4 is 9.80 Å². The van der Waals surface area contributed by atoms with Gasteiger partial charge in [-0.2, -0.15) is 0 Å². The van der Waals surface area contributed by atoms with Gasteiger partial charge < -0.3 is 0 Å². The van der Waals surface area contributed by atoms with Crippen molar-refractivity contribution in [3.63, 3.8) is 0 Å². The summed E-state index contributed by atoms with van der Waals surface area (Å²) in [5.74, 6) is 3.12. The number of pyridine rings is 4. The summed E-state index contributed by atoms with van der Waals surface area (Å²) in [6, 6.07) is 30.0. The van der Waals surface area contributed by atoms with E-state index in [1.165, 1.54) is 0 Å². The molecule has 6 aromatic rings. The summed E-state index contributed by atoms with van der Waals surface area (Å²) in [6.45, 7) is 8.68. The number of fused-ring (bicyclic) bond motifs is 4. The van der Waals surface area contributed by atoms with E-state index >= 15 is 0 Å². The Bertz CT molecular complexity index is 2030. The standard InChI is InChI=1S/C38H32N6O2S/c1-37(2)29-9-5-21-39-33(29)43(34-30(37)10-6-22-40-34)25-13-17-27(18-14-25)47(45,46)28-19-15-26(16-20-28)44-35-31(11-7-23-41-35)38(3,4)32-12-8-24-42-36(32)44/h5-24H,1-4H3. The molecule has 0 spiro atoms. The summed E-state index contributed by atoms with van der Waals surface area (Å²) in [6.07, 6.45) is 7.08. The molecule has 0 amide bonds. The number of aromatic nitrogens is 4. The van der Waals surface area contributed by atoms with Crippen LogP contribution in [0, 0.1) is 0 Å². The molecule has 8 rings (SSSR count). The van der Waals surface area contributed by atoms with E-state index in [1.807, 2.05) is 58.3 Å². The fourth-order valence-corrected chi connectivity index (χ4v) is 8.18. The number of benzene rings is 2. The van der Waals surface area contributed by atoms with Crippen LogP contribution in [0.1, 0.15) is 49.9 Å². The second-order valence-electron chi connectivity index (χ2n) is 12.9. The lowest BCUT2D eigenvalue weighted by Gasteiger charge is -2.39. The van der Waals surface area contributed by atoms with E-state index in [0.717, 1.165) is 56.9 Å². The Hall–Kier alpha value is -5.41. The largest absolute Gasteiger partial charge is 0.279 e. The maximum Gasteiger partial charge on any atom is 0.206 e. The zero-order valence-corrected chi connectivity index (χ0v) is 27.3. The van der Waals surface area contributed by atoms with Gasteiger partial charge in [0.2, 0.25) is 9.84 Å². The molecule has 0 fully saturated rings. The molecule has 2 aliphatic heterocycles. The number of rotatable bonds is 4. The number of hydrogen-bond donors (Lipinski definition) is 0. The van der Waals surface area contributed by atoms with Gasteiger partial charge in [0.15, 0.2) is 0 Å². The Morgan fingerprint density at radius 2 is 0.723 bits per heavy atom. The lowest BCUT2D eigenvalue weighted by Crippen LogP contribution is -2.32. The van der Waals surface area contributed by atoms with Gasteiger partial charge in [-0.25, -0.2) is 28.4 Å². The molecule has 232 valence electrons. The quantitative estimate of drug-likeness (QED) is 0.191. The summed E-state index contributed by atoms with van der Waals surface area (Å²) >= 11 is 0. The van der Waals surface area contributed by atoms with Crippen molar-refractivity contribution < 1.29 is 8.42 Å². The van der Waals surface area contributed by atoms with Crippen LogP contribution in [0.2, 0.25) is 0 Å². The molecule has 0 aliphatic carbocycles. The highest BCUT2D eigenvalue weighted by atomic mass is 32.2. The highest BCUT2D eigenvalue weighted by Gasteiger charge is 2.40. The van der Waals surface area contributed by atoms with Crippen LogP contribution in [0.4, 0.5) is 34.6 Å². The molecule has 9 heteroatoms. The van der Waals surface area contributed by atoms with Gasteiger partial charge in [-0.05, 0) is 72.8 Å². The zero-order valence-electron chi connectivity index (χ0n) is 26.5. The van der Waals surface area contributed by atoms with Crippen molar-refractivity contribution in [1.82, 2.24) is 19.9 Å². The first-order chi connectivity index (χ1) is 22.6. The maximum atomic E-state index is 13.9. The van der Waals surface area contributed by atoms with Crippen LogP contribution >= 0.6 is 0 Å². The summed E-state index contributed by atoms with van der Waals surface area (Å²) in [7, 11) is -3.81. The summed E-state index contributed by atoms with van der Waals surface area (Å²) in [4.78, 5) is 23.3. The third-order valence-corrected chi connectivity index (χ3v) is 11.3. The minimum absolute atomic E-state index is 0.201. The SMILES string of the molecule is CC1(C)c2cccnc2N(c2ccc(S(=O)(=O)c3ccc(N4c5ncccc5C(C)(C)c5cccnc54)cc3)cc2)c2ncccc21. The molecule has 0 N–H and O–H groups in total. The van der Waals surface area contributed by atoms with Crippen molar-refractivity contribution in [2.45, 2.75) is 48.3 Å². The molecule has 0 bridgehead atoms. The van der Waals surface area contributed by atoms with Crippen LogP contribution in [-0.2, 0) is 20.7 Å². The lowest BCUT2D eigenvalue weighted by atomic mass is 9.76. The molecule has 2 aliphatic rings. The van der Waals surface area contributed by atoms with Crippen molar-refractivity contribution in [3.8, 4) is 0 Å². The molecule has 6 heterocycles. The van der Waals surface area contributed by atoms with Crippen molar-refractivity contribution in [2.24, 2.45) is 0 Å². The van der Waals surface area contributed by atoms with Crippen molar-refractivity contribution in [3.05, 3.63) is 144 Å². The van der Waals surface area contributed by atoms with Gasteiger partial charge in [0.05, 0.1) is 9.79 Å². The molecular formula is C38H32N6O2S. The second kappa shape index (κ2) is 10.3. The number of anilines is 6. The molecule has 0 atom stereocenters. The first-order valence-corrected chi connectivity index (χ1v) is 17.0. The lowest BCUT2D eigenvalue weighted by molar-refractivity contribution is 0.596.